The van der Waals surface area contributed by atoms with Gasteiger partial charge in [-0.1, -0.05) is 13.8 Å². The first-order valence-corrected chi connectivity index (χ1v) is 7.35. The topological polar surface area (TPSA) is 57.8 Å². The largest absolute Gasteiger partial charge is 0.353 e. The van der Waals surface area contributed by atoms with Crippen molar-refractivity contribution in [3.63, 3.8) is 0 Å². The van der Waals surface area contributed by atoms with Crippen molar-refractivity contribution in [3.8, 4) is 0 Å². The van der Waals surface area contributed by atoms with E-state index in [9.17, 15) is 4.79 Å². The van der Waals surface area contributed by atoms with E-state index in [4.69, 9.17) is 0 Å². The summed E-state index contributed by atoms with van der Waals surface area (Å²) in [6, 6.07) is 2.29. The van der Waals surface area contributed by atoms with E-state index in [-0.39, 0.29) is 5.91 Å². The van der Waals surface area contributed by atoms with Crippen molar-refractivity contribution in [2.75, 3.05) is 0 Å². The predicted octanol–water partition coefficient (Wildman–Crippen LogP) is 2.59. The van der Waals surface area contributed by atoms with Crippen molar-refractivity contribution in [2.24, 2.45) is 11.8 Å². The first-order chi connectivity index (χ1) is 9.04. The van der Waals surface area contributed by atoms with Gasteiger partial charge in [-0.3, -0.25) is 9.89 Å². The van der Waals surface area contributed by atoms with Crippen molar-refractivity contribution in [3.05, 3.63) is 17.5 Å². The van der Waals surface area contributed by atoms with Gasteiger partial charge in [0.25, 0.3) is 0 Å². The Hall–Kier alpha value is -1.32. The molecule has 0 spiro atoms. The van der Waals surface area contributed by atoms with Gasteiger partial charge in [0.15, 0.2) is 0 Å². The third kappa shape index (κ3) is 4.08. The quantitative estimate of drug-likeness (QED) is 0.877. The maximum atomic E-state index is 11.9. The summed E-state index contributed by atoms with van der Waals surface area (Å²) in [4.78, 5) is 11.9. The Bertz CT molecular complexity index is 417. The predicted molar refractivity (Wildman–Crippen MR) is 75.8 cm³/mol. The molecule has 4 heteroatoms. The molecule has 0 atom stereocenters. The fourth-order valence-electron chi connectivity index (χ4n) is 2.94. The van der Waals surface area contributed by atoms with Gasteiger partial charge in [0.05, 0.1) is 12.1 Å². The maximum absolute atomic E-state index is 11.9. The van der Waals surface area contributed by atoms with Crippen LogP contribution in [0.2, 0.25) is 0 Å². The second-order valence-corrected chi connectivity index (χ2v) is 6.14. The van der Waals surface area contributed by atoms with Crippen molar-refractivity contribution in [2.45, 2.75) is 58.9 Å². The van der Waals surface area contributed by atoms with E-state index in [1.807, 2.05) is 13.0 Å². The summed E-state index contributed by atoms with van der Waals surface area (Å²) in [5.41, 5.74) is 1.83. The lowest BCUT2D eigenvalue weighted by molar-refractivity contribution is -0.121. The summed E-state index contributed by atoms with van der Waals surface area (Å²) in [6.07, 6.45) is 5.10. The van der Waals surface area contributed by atoms with E-state index in [1.165, 1.54) is 12.8 Å². The second-order valence-electron chi connectivity index (χ2n) is 6.14. The number of H-pyrrole nitrogens is 1. The third-order valence-corrected chi connectivity index (χ3v) is 4.18. The van der Waals surface area contributed by atoms with Crippen molar-refractivity contribution < 1.29 is 4.79 Å². The number of aryl methyl sites for hydroxylation is 1. The van der Waals surface area contributed by atoms with Gasteiger partial charge in [0, 0.05) is 11.7 Å². The summed E-state index contributed by atoms with van der Waals surface area (Å²) >= 11 is 0. The fourth-order valence-corrected chi connectivity index (χ4v) is 2.94. The molecule has 1 aromatic rings. The van der Waals surface area contributed by atoms with Gasteiger partial charge in [0.1, 0.15) is 0 Å². The zero-order valence-corrected chi connectivity index (χ0v) is 12.2. The SMILES string of the molecule is Cc1cc(CC(=O)NC2CCC(C(C)C)CC2)n[nH]1. The van der Waals surface area contributed by atoms with E-state index < -0.39 is 0 Å². The Morgan fingerprint density at radius 1 is 1.42 bits per heavy atom. The van der Waals surface area contributed by atoms with E-state index in [0.717, 1.165) is 36.1 Å². The lowest BCUT2D eigenvalue weighted by Gasteiger charge is -2.31. The van der Waals surface area contributed by atoms with E-state index in [2.05, 4.69) is 29.4 Å². The van der Waals surface area contributed by atoms with E-state index in [0.29, 0.717) is 12.5 Å². The van der Waals surface area contributed by atoms with Crippen LogP contribution >= 0.6 is 0 Å². The van der Waals surface area contributed by atoms with Gasteiger partial charge in [-0.2, -0.15) is 5.10 Å². The summed E-state index contributed by atoms with van der Waals surface area (Å²) < 4.78 is 0. The molecule has 1 fully saturated rings. The van der Waals surface area contributed by atoms with E-state index in [1.54, 1.807) is 0 Å². The van der Waals surface area contributed by atoms with Crippen LogP contribution in [0.3, 0.4) is 0 Å². The van der Waals surface area contributed by atoms with Crippen LogP contribution in [0.1, 0.15) is 50.9 Å². The molecule has 0 aromatic carbocycles. The molecule has 1 saturated carbocycles. The number of rotatable bonds is 4. The van der Waals surface area contributed by atoms with Crippen LogP contribution in [0.15, 0.2) is 6.07 Å². The zero-order chi connectivity index (χ0) is 13.8. The number of carbonyl (C=O) groups excluding carboxylic acids is 1. The average Bonchev–Trinajstić information content (AvgIpc) is 2.75. The number of hydrogen-bond donors (Lipinski definition) is 2. The molecule has 1 heterocycles. The highest BCUT2D eigenvalue weighted by atomic mass is 16.1. The first kappa shape index (κ1) is 14.1. The highest BCUT2D eigenvalue weighted by Crippen LogP contribution is 2.29. The van der Waals surface area contributed by atoms with Crippen LogP contribution in [0.5, 0.6) is 0 Å². The highest BCUT2D eigenvalue weighted by Gasteiger charge is 2.24. The maximum Gasteiger partial charge on any atom is 0.226 e. The number of aromatic amines is 1. The Kier molecular flexibility index (Phi) is 4.61. The monoisotopic (exact) mass is 263 g/mol. The standard InChI is InChI=1S/C15H25N3O/c1-10(2)12-4-6-13(7-5-12)16-15(19)9-14-8-11(3)17-18-14/h8,10,12-13H,4-7,9H2,1-3H3,(H,16,19)(H,17,18). The number of carbonyl (C=O) groups is 1. The Balaban J connectivity index is 1.75. The number of nitrogens with zero attached hydrogens (tertiary/aromatic N) is 1. The van der Waals surface area contributed by atoms with Crippen LogP contribution < -0.4 is 5.32 Å². The summed E-state index contributed by atoms with van der Waals surface area (Å²) in [6.45, 7) is 6.54. The molecule has 0 bridgehead atoms. The molecule has 1 amide bonds. The highest BCUT2D eigenvalue weighted by molar-refractivity contribution is 5.78. The minimum Gasteiger partial charge on any atom is -0.353 e. The number of amides is 1. The molecular weight excluding hydrogens is 238 g/mol. The summed E-state index contributed by atoms with van der Waals surface area (Å²) in [5, 5.41) is 10.1. The molecule has 0 saturated heterocycles. The Morgan fingerprint density at radius 3 is 2.63 bits per heavy atom. The molecule has 0 aliphatic heterocycles. The summed E-state index contributed by atoms with van der Waals surface area (Å²) in [5.74, 6) is 1.70. The van der Waals surface area contributed by atoms with Gasteiger partial charge in [-0.15, -0.1) is 0 Å². The van der Waals surface area contributed by atoms with Gasteiger partial charge in [-0.05, 0) is 50.5 Å². The molecule has 1 aliphatic rings. The minimum atomic E-state index is 0.0968. The molecular formula is C15H25N3O. The third-order valence-electron chi connectivity index (χ3n) is 4.18. The molecule has 19 heavy (non-hydrogen) atoms. The number of nitrogens with one attached hydrogen (secondary N) is 2. The van der Waals surface area contributed by atoms with Crippen LogP contribution in [0.4, 0.5) is 0 Å². The molecule has 1 aliphatic carbocycles. The van der Waals surface area contributed by atoms with Gasteiger partial charge < -0.3 is 5.32 Å². The second kappa shape index (κ2) is 6.22. The fraction of sp³-hybridized carbons (Fsp3) is 0.733. The Labute approximate surface area is 115 Å². The van der Waals surface area contributed by atoms with Gasteiger partial charge in [0.2, 0.25) is 5.91 Å². The lowest BCUT2D eigenvalue weighted by Crippen LogP contribution is -2.39. The molecule has 2 rings (SSSR count). The average molecular weight is 263 g/mol. The molecule has 4 nitrogen and oxygen atoms in total. The van der Waals surface area contributed by atoms with Gasteiger partial charge in [-0.25, -0.2) is 0 Å². The molecule has 106 valence electrons. The number of hydrogen-bond acceptors (Lipinski definition) is 2. The van der Waals surface area contributed by atoms with Crippen LogP contribution in [0.25, 0.3) is 0 Å². The minimum absolute atomic E-state index is 0.0968. The normalized spacial score (nSPS) is 23.6. The van der Waals surface area contributed by atoms with Crippen LogP contribution in [-0.2, 0) is 11.2 Å². The lowest BCUT2D eigenvalue weighted by atomic mass is 9.80. The first-order valence-electron chi connectivity index (χ1n) is 7.35. The zero-order valence-electron chi connectivity index (χ0n) is 12.2. The number of aromatic nitrogens is 2. The van der Waals surface area contributed by atoms with Crippen LogP contribution in [0, 0.1) is 18.8 Å². The van der Waals surface area contributed by atoms with Crippen molar-refractivity contribution >= 4 is 5.91 Å². The summed E-state index contributed by atoms with van der Waals surface area (Å²) in [7, 11) is 0. The van der Waals surface area contributed by atoms with Gasteiger partial charge >= 0.3 is 0 Å². The Morgan fingerprint density at radius 2 is 2.11 bits per heavy atom. The molecule has 0 unspecified atom stereocenters. The molecule has 1 aromatic heterocycles. The van der Waals surface area contributed by atoms with Crippen molar-refractivity contribution in [1.29, 1.82) is 0 Å². The van der Waals surface area contributed by atoms with Crippen molar-refractivity contribution in [1.82, 2.24) is 15.5 Å². The van der Waals surface area contributed by atoms with Crippen LogP contribution in [-0.4, -0.2) is 22.1 Å². The smallest absolute Gasteiger partial charge is 0.226 e. The van der Waals surface area contributed by atoms with E-state index >= 15 is 0 Å². The molecule has 0 radical (unpaired) electrons. The molecule has 2 N–H and O–H groups in total.